The molecule has 0 aromatic carbocycles. The summed E-state index contributed by atoms with van der Waals surface area (Å²) in [6, 6.07) is 0. The van der Waals surface area contributed by atoms with E-state index in [1.807, 2.05) is 23.4 Å². The Balaban J connectivity index is 2.52. The molecule has 0 saturated heterocycles. The quantitative estimate of drug-likeness (QED) is 0.571. The third kappa shape index (κ3) is 4.96. The van der Waals surface area contributed by atoms with E-state index in [2.05, 4.69) is 17.0 Å². The van der Waals surface area contributed by atoms with Crippen LogP contribution in [0.15, 0.2) is 19.0 Å². The van der Waals surface area contributed by atoms with Gasteiger partial charge in [0, 0.05) is 13.1 Å². The summed E-state index contributed by atoms with van der Waals surface area (Å²) in [6.07, 6.45) is 4.38. The van der Waals surface area contributed by atoms with Crippen molar-refractivity contribution in [3.05, 3.63) is 23.8 Å². The molecule has 0 unspecified atom stereocenters. The fourth-order valence-corrected chi connectivity index (χ4v) is 1.80. The van der Waals surface area contributed by atoms with Crippen molar-refractivity contribution in [2.45, 2.75) is 26.6 Å². The summed E-state index contributed by atoms with van der Waals surface area (Å²) in [7, 11) is 1.86. The summed E-state index contributed by atoms with van der Waals surface area (Å²) < 4.78 is 4.14. The maximum absolute atomic E-state index is 11.6. The predicted molar refractivity (Wildman–Crippen MR) is 77.2 cm³/mol. The van der Waals surface area contributed by atoms with Crippen molar-refractivity contribution in [1.82, 2.24) is 24.6 Å². The molecule has 1 heterocycles. The Morgan fingerprint density at radius 2 is 2.42 bits per heavy atom. The molecule has 0 bridgehead atoms. The highest BCUT2D eigenvalue weighted by Gasteiger charge is 2.08. The first-order chi connectivity index (χ1) is 9.08. The van der Waals surface area contributed by atoms with Crippen molar-refractivity contribution in [2.75, 3.05) is 20.1 Å². The average Bonchev–Trinajstić information content (AvgIpc) is 2.69. The number of nitrogens with one attached hydrogen (secondary N) is 1. The maximum Gasteiger partial charge on any atom is 0.234 e. The number of aromatic nitrogens is 3. The molecule has 0 aliphatic carbocycles. The molecule has 0 aliphatic heterocycles. The molecule has 19 heavy (non-hydrogen) atoms. The maximum atomic E-state index is 11.6. The number of nitrogens with zero attached hydrogens (tertiary/aromatic N) is 4. The number of hydrogen-bond donors (Lipinski definition) is 1. The molecule has 1 aromatic heterocycles. The van der Waals surface area contributed by atoms with Crippen LogP contribution in [0.1, 0.15) is 13.3 Å². The summed E-state index contributed by atoms with van der Waals surface area (Å²) in [6.45, 7) is 7.86. The molecule has 7 heteroatoms. The standard InChI is InChI=1S/C12H21N5OS/c1-4-6-13-11(18)8-15(3)10-17-12(19)16(7-5-2)9-14-17/h5,9H,2,4,6-8,10H2,1,3H3,(H,13,18). The Bertz CT molecular complexity index is 479. The predicted octanol–water partition coefficient (Wildman–Crippen LogP) is 1.02. The van der Waals surface area contributed by atoms with Gasteiger partial charge in [-0.2, -0.15) is 5.10 Å². The van der Waals surface area contributed by atoms with Gasteiger partial charge in [-0.05, 0) is 25.7 Å². The highest BCUT2D eigenvalue weighted by Crippen LogP contribution is 1.96. The van der Waals surface area contributed by atoms with Crippen LogP contribution in [-0.4, -0.2) is 45.3 Å². The van der Waals surface area contributed by atoms with Crippen LogP contribution in [0.25, 0.3) is 0 Å². The Labute approximate surface area is 118 Å². The van der Waals surface area contributed by atoms with Crippen LogP contribution in [0.5, 0.6) is 0 Å². The second-order valence-corrected chi connectivity index (χ2v) is 4.72. The number of amides is 1. The fraction of sp³-hybridized carbons (Fsp3) is 0.583. The molecule has 0 spiro atoms. The molecule has 106 valence electrons. The van der Waals surface area contributed by atoms with Gasteiger partial charge in [-0.15, -0.1) is 6.58 Å². The van der Waals surface area contributed by atoms with Crippen molar-refractivity contribution in [1.29, 1.82) is 0 Å². The van der Waals surface area contributed by atoms with Gasteiger partial charge in [0.25, 0.3) is 0 Å². The number of allylic oxidation sites excluding steroid dienone is 1. The van der Waals surface area contributed by atoms with Gasteiger partial charge in [-0.3, -0.25) is 9.69 Å². The molecule has 0 radical (unpaired) electrons. The van der Waals surface area contributed by atoms with Crippen molar-refractivity contribution >= 4 is 18.1 Å². The molecule has 1 rings (SSSR count). The van der Waals surface area contributed by atoms with E-state index in [1.54, 1.807) is 17.1 Å². The minimum Gasteiger partial charge on any atom is -0.355 e. The highest BCUT2D eigenvalue weighted by atomic mass is 32.1. The van der Waals surface area contributed by atoms with Gasteiger partial charge >= 0.3 is 0 Å². The molecule has 0 atom stereocenters. The smallest absolute Gasteiger partial charge is 0.234 e. The van der Waals surface area contributed by atoms with Gasteiger partial charge in [-0.1, -0.05) is 13.0 Å². The molecule has 0 fully saturated rings. The first-order valence-electron chi connectivity index (χ1n) is 6.26. The largest absolute Gasteiger partial charge is 0.355 e. The summed E-state index contributed by atoms with van der Waals surface area (Å²) in [4.78, 5) is 13.4. The summed E-state index contributed by atoms with van der Waals surface area (Å²) >= 11 is 5.28. The number of hydrogen-bond acceptors (Lipinski definition) is 4. The number of likely N-dealkylation sites (N-methyl/N-ethyl adjacent to an activating group) is 1. The monoisotopic (exact) mass is 283 g/mol. The third-order valence-electron chi connectivity index (χ3n) is 2.48. The molecule has 0 saturated carbocycles. The van der Waals surface area contributed by atoms with Crippen molar-refractivity contribution < 1.29 is 4.79 Å². The molecule has 1 aromatic rings. The summed E-state index contributed by atoms with van der Waals surface area (Å²) in [5, 5.41) is 7.03. The minimum absolute atomic E-state index is 0.0152. The van der Waals surface area contributed by atoms with E-state index in [-0.39, 0.29) is 5.91 Å². The lowest BCUT2D eigenvalue weighted by molar-refractivity contribution is -0.122. The van der Waals surface area contributed by atoms with Crippen LogP contribution >= 0.6 is 12.2 Å². The van der Waals surface area contributed by atoms with E-state index in [1.165, 1.54) is 0 Å². The highest BCUT2D eigenvalue weighted by molar-refractivity contribution is 7.71. The van der Waals surface area contributed by atoms with Gasteiger partial charge in [0.1, 0.15) is 6.33 Å². The van der Waals surface area contributed by atoms with Gasteiger partial charge in [-0.25, -0.2) is 4.68 Å². The molecule has 0 aliphatic rings. The first-order valence-corrected chi connectivity index (χ1v) is 6.67. The second kappa shape index (κ2) is 7.85. The summed E-state index contributed by atoms with van der Waals surface area (Å²) in [5.74, 6) is 0.0152. The third-order valence-corrected chi connectivity index (χ3v) is 2.93. The molecular formula is C12H21N5OS. The normalized spacial score (nSPS) is 10.7. The van der Waals surface area contributed by atoms with Crippen LogP contribution in [0.3, 0.4) is 0 Å². The van der Waals surface area contributed by atoms with E-state index >= 15 is 0 Å². The Morgan fingerprint density at radius 1 is 1.68 bits per heavy atom. The Hall–Kier alpha value is -1.47. The number of carbonyl (C=O) groups excluding carboxylic acids is 1. The lowest BCUT2D eigenvalue weighted by Gasteiger charge is -2.15. The zero-order valence-electron chi connectivity index (χ0n) is 11.5. The van der Waals surface area contributed by atoms with E-state index in [0.717, 1.165) is 6.42 Å². The van der Waals surface area contributed by atoms with E-state index < -0.39 is 0 Å². The van der Waals surface area contributed by atoms with E-state index in [0.29, 0.717) is 31.1 Å². The number of rotatable bonds is 8. The van der Waals surface area contributed by atoms with Gasteiger partial charge in [0.05, 0.1) is 13.2 Å². The Morgan fingerprint density at radius 3 is 3.05 bits per heavy atom. The average molecular weight is 283 g/mol. The number of carbonyl (C=O) groups is 1. The zero-order valence-corrected chi connectivity index (χ0v) is 12.3. The Kier molecular flexibility index (Phi) is 6.44. The lowest BCUT2D eigenvalue weighted by Crippen LogP contribution is -2.36. The van der Waals surface area contributed by atoms with Gasteiger partial charge in [0.2, 0.25) is 5.91 Å². The fourth-order valence-electron chi connectivity index (χ4n) is 1.58. The second-order valence-electron chi connectivity index (χ2n) is 4.36. The summed E-state index contributed by atoms with van der Waals surface area (Å²) in [5.41, 5.74) is 0. The SMILES string of the molecule is C=CCn1cnn(CN(C)CC(=O)NCCC)c1=S. The van der Waals surface area contributed by atoms with Crippen LogP contribution in [0, 0.1) is 4.77 Å². The van der Waals surface area contributed by atoms with E-state index in [4.69, 9.17) is 12.2 Å². The van der Waals surface area contributed by atoms with Crippen molar-refractivity contribution in [3.63, 3.8) is 0 Å². The molecule has 6 nitrogen and oxygen atoms in total. The van der Waals surface area contributed by atoms with Crippen molar-refractivity contribution in [3.8, 4) is 0 Å². The van der Waals surface area contributed by atoms with Crippen LogP contribution in [-0.2, 0) is 18.0 Å². The molecule has 1 N–H and O–H groups in total. The minimum atomic E-state index is 0.0152. The van der Waals surface area contributed by atoms with Gasteiger partial charge in [0.15, 0.2) is 4.77 Å². The topological polar surface area (TPSA) is 55.1 Å². The molecule has 1 amide bonds. The lowest BCUT2D eigenvalue weighted by atomic mass is 10.4. The van der Waals surface area contributed by atoms with E-state index in [9.17, 15) is 4.79 Å². The van der Waals surface area contributed by atoms with Crippen LogP contribution < -0.4 is 5.32 Å². The van der Waals surface area contributed by atoms with Gasteiger partial charge < -0.3 is 9.88 Å². The molecular weight excluding hydrogens is 262 g/mol. The van der Waals surface area contributed by atoms with Crippen LogP contribution in [0.2, 0.25) is 0 Å². The van der Waals surface area contributed by atoms with Crippen molar-refractivity contribution in [2.24, 2.45) is 0 Å². The van der Waals surface area contributed by atoms with Crippen LogP contribution in [0.4, 0.5) is 0 Å². The zero-order chi connectivity index (χ0) is 14.3. The first kappa shape index (κ1) is 15.6.